The number of phenols is 1. The molecule has 1 aromatic rings. The summed E-state index contributed by atoms with van der Waals surface area (Å²) >= 11 is 0. The lowest BCUT2D eigenvalue weighted by Crippen LogP contribution is -2.23. The largest absolute Gasteiger partial charge is 0.508 e. The van der Waals surface area contributed by atoms with Crippen LogP contribution < -0.4 is 11.1 Å². The van der Waals surface area contributed by atoms with E-state index in [9.17, 15) is 0 Å². The van der Waals surface area contributed by atoms with E-state index in [-0.39, 0.29) is 11.8 Å². The van der Waals surface area contributed by atoms with Crippen molar-refractivity contribution < 1.29 is 5.11 Å². The van der Waals surface area contributed by atoms with Gasteiger partial charge in [-0.1, -0.05) is 12.1 Å². The highest BCUT2D eigenvalue weighted by molar-refractivity contribution is 5.29. The fourth-order valence-electron chi connectivity index (χ4n) is 1.09. The molecule has 0 aliphatic carbocycles. The summed E-state index contributed by atoms with van der Waals surface area (Å²) in [6.45, 7) is 0.712. The Morgan fingerprint density at radius 1 is 1.58 bits per heavy atom. The van der Waals surface area contributed by atoms with Crippen LogP contribution in [0.15, 0.2) is 24.3 Å². The van der Waals surface area contributed by atoms with E-state index in [0.717, 1.165) is 5.56 Å². The number of likely N-dealkylation sites (N-methyl/N-ethyl adjacent to an activating group) is 1. The summed E-state index contributed by atoms with van der Waals surface area (Å²) in [6.07, 6.45) is 0. The first-order chi connectivity index (χ1) is 5.74. The zero-order valence-electron chi connectivity index (χ0n) is 7.12. The van der Waals surface area contributed by atoms with Gasteiger partial charge in [0.05, 0.1) is 0 Å². The van der Waals surface area contributed by atoms with Crippen molar-refractivity contribution in [3.63, 3.8) is 0 Å². The molecule has 4 N–H and O–H groups in total. The van der Waals surface area contributed by atoms with Crippen LogP contribution in [0.1, 0.15) is 11.6 Å². The van der Waals surface area contributed by atoms with Crippen molar-refractivity contribution in [3.05, 3.63) is 29.8 Å². The van der Waals surface area contributed by atoms with E-state index in [1.807, 2.05) is 13.1 Å². The molecule has 3 nitrogen and oxygen atoms in total. The average Bonchev–Trinajstić information content (AvgIpc) is 2.05. The van der Waals surface area contributed by atoms with Gasteiger partial charge < -0.3 is 16.2 Å². The van der Waals surface area contributed by atoms with Crippen molar-refractivity contribution in [1.82, 2.24) is 5.32 Å². The Bertz CT molecular complexity index is 250. The molecule has 1 aromatic carbocycles. The molecule has 0 aromatic heterocycles. The van der Waals surface area contributed by atoms with Crippen LogP contribution in [0.5, 0.6) is 5.75 Å². The Morgan fingerprint density at radius 2 is 2.33 bits per heavy atom. The van der Waals surface area contributed by atoms with Gasteiger partial charge in [-0.15, -0.1) is 0 Å². The van der Waals surface area contributed by atoms with Crippen LogP contribution >= 0.6 is 0 Å². The van der Waals surface area contributed by atoms with E-state index in [0.29, 0.717) is 6.54 Å². The Labute approximate surface area is 72.2 Å². The summed E-state index contributed by atoms with van der Waals surface area (Å²) < 4.78 is 0. The van der Waals surface area contributed by atoms with Crippen molar-refractivity contribution in [2.75, 3.05) is 13.6 Å². The van der Waals surface area contributed by atoms with Gasteiger partial charge in [-0.2, -0.15) is 0 Å². The molecule has 1 unspecified atom stereocenters. The van der Waals surface area contributed by atoms with Crippen LogP contribution in [0, 0.1) is 0 Å². The van der Waals surface area contributed by atoms with Crippen molar-refractivity contribution >= 4 is 0 Å². The summed E-state index contributed by atoms with van der Waals surface area (Å²) in [5.41, 5.74) is 6.75. The lowest BCUT2D eigenvalue weighted by molar-refractivity contribution is 0.473. The highest BCUT2D eigenvalue weighted by Crippen LogP contribution is 2.15. The zero-order chi connectivity index (χ0) is 8.97. The third-order valence-electron chi connectivity index (χ3n) is 1.72. The van der Waals surface area contributed by atoms with Gasteiger partial charge in [-0.05, 0) is 24.7 Å². The fraction of sp³-hybridized carbons (Fsp3) is 0.333. The molecule has 0 spiro atoms. The number of nitrogens with one attached hydrogen (secondary N) is 1. The molecule has 0 radical (unpaired) electrons. The SMILES string of the molecule is CNCC(N)c1cccc(O)c1. The van der Waals surface area contributed by atoms with Crippen LogP contribution in [-0.2, 0) is 0 Å². The highest BCUT2D eigenvalue weighted by atomic mass is 16.3. The van der Waals surface area contributed by atoms with Gasteiger partial charge >= 0.3 is 0 Å². The highest BCUT2D eigenvalue weighted by Gasteiger charge is 2.03. The van der Waals surface area contributed by atoms with Gasteiger partial charge in [-0.25, -0.2) is 0 Å². The normalized spacial score (nSPS) is 12.8. The monoisotopic (exact) mass is 166 g/mol. The van der Waals surface area contributed by atoms with Crippen molar-refractivity contribution in [2.24, 2.45) is 5.73 Å². The van der Waals surface area contributed by atoms with E-state index >= 15 is 0 Å². The molecule has 0 saturated heterocycles. The molecule has 66 valence electrons. The minimum atomic E-state index is -0.0536. The maximum absolute atomic E-state index is 9.15. The van der Waals surface area contributed by atoms with E-state index in [1.54, 1.807) is 18.2 Å². The topological polar surface area (TPSA) is 58.3 Å². The Balaban J connectivity index is 2.73. The smallest absolute Gasteiger partial charge is 0.115 e. The van der Waals surface area contributed by atoms with E-state index in [2.05, 4.69) is 5.32 Å². The quantitative estimate of drug-likeness (QED) is 0.616. The van der Waals surface area contributed by atoms with Gasteiger partial charge in [0.1, 0.15) is 5.75 Å². The first-order valence-electron chi connectivity index (χ1n) is 3.93. The summed E-state index contributed by atoms with van der Waals surface area (Å²) in [6, 6.07) is 6.96. The van der Waals surface area contributed by atoms with Crippen LogP contribution in [0.4, 0.5) is 0 Å². The van der Waals surface area contributed by atoms with E-state index in [4.69, 9.17) is 10.8 Å². The molecule has 0 aliphatic heterocycles. The second kappa shape index (κ2) is 4.09. The van der Waals surface area contributed by atoms with Crippen molar-refractivity contribution in [1.29, 1.82) is 0 Å². The number of phenolic OH excluding ortho intramolecular Hbond substituents is 1. The molecule has 0 bridgehead atoms. The average molecular weight is 166 g/mol. The van der Waals surface area contributed by atoms with E-state index < -0.39 is 0 Å². The van der Waals surface area contributed by atoms with Gasteiger partial charge in [0, 0.05) is 12.6 Å². The minimum absolute atomic E-state index is 0.0536. The van der Waals surface area contributed by atoms with E-state index in [1.165, 1.54) is 0 Å². The summed E-state index contributed by atoms with van der Waals surface area (Å²) in [5.74, 6) is 0.263. The first-order valence-corrected chi connectivity index (χ1v) is 3.93. The molecule has 0 aliphatic rings. The summed E-state index contributed by atoms with van der Waals surface area (Å²) in [4.78, 5) is 0. The zero-order valence-corrected chi connectivity index (χ0v) is 7.12. The molecule has 0 heterocycles. The van der Waals surface area contributed by atoms with Crippen molar-refractivity contribution in [3.8, 4) is 5.75 Å². The summed E-state index contributed by atoms with van der Waals surface area (Å²) in [7, 11) is 1.85. The second-order valence-electron chi connectivity index (χ2n) is 2.76. The number of hydrogen-bond acceptors (Lipinski definition) is 3. The molecule has 1 atom stereocenters. The molecule has 1 rings (SSSR count). The molecule has 0 saturated carbocycles. The van der Waals surface area contributed by atoms with Gasteiger partial charge in [0.15, 0.2) is 0 Å². The number of hydrogen-bond donors (Lipinski definition) is 3. The predicted octanol–water partition coefficient (Wildman–Crippen LogP) is 0.611. The lowest BCUT2D eigenvalue weighted by Gasteiger charge is -2.10. The molecule has 3 heteroatoms. The minimum Gasteiger partial charge on any atom is -0.508 e. The second-order valence-corrected chi connectivity index (χ2v) is 2.76. The van der Waals surface area contributed by atoms with Gasteiger partial charge in [0.2, 0.25) is 0 Å². The third kappa shape index (κ3) is 2.22. The number of aromatic hydroxyl groups is 1. The van der Waals surface area contributed by atoms with Crippen LogP contribution in [0.3, 0.4) is 0 Å². The van der Waals surface area contributed by atoms with Crippen LogP contribution in [-0.4, -0.2) is 18.7 Å². The Kier molecular flexibility index (Phi) is 3.08. The van der Waals surface area contributed by atoms with Crippen LogP contribution in [0.25, 0.3) is 0 Å². The molecular weight excluding hydrogens is 152 g/mol. The molecule has 12 heavy (non-hydrogen) atoms. The Morgan fingerprint density at radius 3 is 2.92 bits per heavy atom. The number of benzene rings is 1. The fourth-order valence-corrected chi connectivity index (χ4v) is 1.09. The van der Waals surface area contributed by atoms with Gasteiger partial charge in [-0.3, -0.25) is 0 Å². The van der Waals surface area contributed by atoms with Crippen LogP contribution in [0.2, 0.25) is 0 Å². The Hall–Kier alpha value is -1.06. The maximum Gasteiger partial charge on any atom is 0.115 e. The molecule has 0 fully saturated rings. The predicted molar refractivity (Wildman–Crippen MR) is 49.0 cm³/mol. The third-order valence-corrected chi connectivity index (χ3v) is 1.72. The van der Waals surface area contributed by atoms with Crippen molar-refractivity contribution in [2.45, 2.75) is 6.04 Å². The summed E-state index contributed by atoms with van der Waals surface area (Å²) in [5, 5.41) is 12.1. The maximum atomic E-state index is 9.15. The number of nitrogens with two attached hydrogens (primary N) is 1. The number of rotatable bonds is 3. The molecular formula is C9H14N2O. The lowest BCUT2D eigenvalue weighted by atomic mass is 10.1. The molecule has 0 amide bonds. The van der Waals surface area contributed by atoms with Gasteiger partial charge in [0.25, 0.3) is 0 Å². The standard InChI is InChI=1S/C9H14N2O/c1-11-6-9(10)7-3-2-4-8(12)5-7/h2-5,9,11-12H,6,10H2,1H3. The first kappa shape index (κ1) is 9.03.